The number of anilines is 3. The molecule has 1 saturated carbocycles. The van der Waals surface area contributed by atoms with Gasteiger partial charge in [0, 0.05) is 12.1 Å². The molecule has 0 saturated heterocycles. The molecule has 0 aliphatic heterocycles. The van der Waals surface area contributed by atoms with Crippen LogP contribution in [0.2, 0.25) is 0 Å². The summed E-state index contributed by atoms with van der Waals surface area (Å²) in [6.07, 6.45) is 3.61. The highest BCUT2D eigenvalue weighted by Gasteiger charge is 2.24. The van der Waals surface area contributed by atoms with Crippen LogP contribution in [0.5, 0.6) is 0 Å². The summed E-state index contributed by atoms with van der Waals surface area (Å²) in [6.45, 7) is 4.63. The van der Waals surface area contributed by atoms with Crippen LogP contribution in [-0.4, -0.2) is 16.0 Å². The van der Waals surface area contributed by atoms with E-state index in [-0.39, 0.29) is 5.95 Å². The Morgan fingerprint density at radius 1 is 1.18 bits per heavy atom. The standard InChI is InChI=1S/C12H21N5/c1-7-3-4-9(5-8(7)2)15-11-6-10(13)16-12(14)17-11/h6-9H,3-5H2,1-2H3,(H5,13,14,15,16,17). The van der Waals surface area contributed by atoms with Crippen molar-refractivity contribution in [3.05, 3.63) is 6.07 Å². The van der Waals surface area contributed by atoms with Crippen molar-refractivity contribution in [3.8, 4) is 0 Å². The van der Waals surface area contributed by atoms with Crippen LogP contribution in [0.3, 0.4) is 0 Å². The van der Waals surface area contributed by atoms with Gasteiger partial charge in [-0.3, -0.25) is 0 Å². The first-order valence-electron chi connectivity index (χ1n) is 6.21. The molecule has 0 radical (unpaired) electrons. The average molecular weight is 235 g/mol. The molecule has 1 heterocycles. The van der Waals surface area contributed by atoms with Gasteiger partial charge in [-0.25, -0.2) is 0 Å². The minimum absolute atomic E-state index is 0.227. The summed E-state index contributed by atoms with van der Waals surface area (Å²) in [4.78, 5) is 8.01. The number of nitrogens with one attached hydrogen (secondary N) is 1. The highest BCUT2D eigenvalue weighted by Crippen LogP contribution is 2.30. The number of hydrogen-bond donors (Lipinski definition) is 3. The van der Waals surface area contributed by atoms with Crippen molar-refractivity contribution in [2.24, 2.45) is 11.8 Å². The van der Waals surface area contributed by atoms with Gasteiger partial charge in [-0.15, -0.1) is 0 Å². The van der Waals surface area contributed by atoms with Gasteiger partial charge in [0.2, 0.25) is 5.95 Å². The SMILES string of the molecule is CC1CCC(Nc2cc(N)nc(N)n2)CC1C. The molecule has 5 N–H and O–H groups in total. The fourth-order valence-electron chi connectivity index (χ4n) is 2.45. The Labute approximate surface area is 102 Å². The molecule has 2 rings (SSSR count). The minimum atomic E-state index is 0.227. The van der Waals surface area contributed by atoms with E-state index in [0.717, 1.165) is 17.7 Å². The maximum atomic E-state index is 5.64. The van der Waals surface area contributed by atoms with Crippen LogP contribution < -0.4 is 16.8 Å². The zero-order chi connectivity index (χ0) is 12.4. The van der Waals surface area contributed by atoms with Crippen LogP contribution in [0.15, 0.2) is 6.07 Å². The second kappa shape index (κ2) is 4.77. The van der Waals surface area contributed by atoms with E-state index in [4.69, 9.17) is 11.5 Å². The molecule has 0 amide bonds. The van der Waals surface area contributed by atoms with Gasteiger partial charge in [0.1, 0.15) is 11.6 Å². The summed E-state index contributed by atoms with van der Waals surface area (Å²) < 4.78 is 0. The Balaban J connectivity index is 2.01. The van der Waals surface area contributed by atoms with Crippen LogP contribution in [0, 0.1) is 11.8 Å². The monoisotopic (exact) mass is 235 g/mol. The third-order valence-corrected chi connectivity index (χ3v) is 3.71. The summed E-state index contributed by atoms with van der Waals surface area (Å²) in [5.41, 5.74) is 11.2. The zero-order valence-corrected chi connectivity index (χ0v) is 10.5. The topological polar surface area (TPSA) is 89.8 Å². The number of hydrogen-bond acceptors (Lipinski definition) is 5. The first-order valence-corrected chi connectivity index (χ1v) is 6.21. The van der Waals surface area contributed by atoms with Gasteiger partial charge in [-0.1, -0.05) is 13.8 Å². The van der Waals surface area contributed by atoms with E-state index < -0.39 is 0 Å². The molecule has 0 aromatic carbocycles. The minimum Gasteiger partial charge on any atom is -0.383 e. The molecule has 0 spiro atoms. The molecule has 5 heteroatoms. The third kappa shape index (κ3) is 2.99. The van der Waals surface area contributed by atoms with Gasteiger partial charge in [0.25, 0.3) is 0 Å². The number of rotatable bonds is 2. The largest absolute Gasteiger partial charge is 0.383 e. The summed E-state index contributed by atoms with van der Waals surface area (Å²) in [7, 11) is 0. The van der Waals surface area contributed by atoms with E-state index in [1.165, 1.54) is 19.3 Å². The van der Waals surface area contributed by atoms with Crippen LogP contribution in [0.25, 0.3) is 0 Å². The fraction of sp³-hybridized carbons (Fsp3) is 0.667. The predicted octanol–water partition coefficient (Wildman–Crippen LogP) is 1.88. The van der Waals surface area contributed by atoms with Crippen molar-refractivity contribution in [2.75, 3.05) is 16.8 Å². The number of nitrogens with two attached hydrogens (primary N) is 2. The van der Waals surface area contributed by atoms with E-state index in [2.05, 4.69) is 29.1 Å². The van der Waals surface area contributed by atoms with Gasteiger partial charge in [-0.05, 0) is 31.1 Å². The molecular formula is C12H21N5. The number of nitrogens with zero attached hydrogens (tertiary/aromatic N) is 2. The van der Waals surface area contributed by atoms with E-state index in [9.17, 15) is 0 Å². The lowest BCUT2D eigenvalue weighted by atomic mass is 9.79. The summed E-state index contributed by atoms with van der Waals surface area (Å²) in [5, 5.41) is 3.40. The molecule has 1 fully saturated rings. The molecular weight excluding hydrogens is 214 g/mol. The first kappa shape index (κ1) is 12.0. The molecule has 3 unspecified atom stereocenters. The summed E-state index contributed by atoms with van der Waals surface area (Å²) >= 11 is 0. The van der Waals surface area contributed by atoms with Crippen LogP contribution >= 0.6 is 0 Å². The van der Waals surface area contributed by atoms with Gasteiger partial charge in [0.15, 0.2) is 0 Å². The van der Waals surface area contributed by atoms with E-state index in [0.29, 0.717) is 11.9 Å². The molecule has 0 bridgehead atoms. The fourth-order valence-corrected chi connectivity index (χ4v) is 2.45. The Hall–Kier alpha value is -1.52. The Morgan fingerprint density at radius 2 is 1.94 bits per heavy atom. The quantitative estimate of drug-likeness (QED) is 0.728. The molecule has 3 atom stereocenters. The highest BCUT2D eigenvalue weighted by atomic mass is 15.1. The summed E-state index contributed by atoms with van der Waals surface area (Å²) in [5.74, 6) is 2.94. The summed E-state index contributed by atoms with van der Waals surface area (Å²) in [6, 6.07) is 2.20. The van der Waals surface area contributed by atoms with Crippen LogP contribution in [0.4, 0.5) is 17.6 Å². The normalized spacial score (nSPS) is 28.9. The predicted molar refractivity (Wildman–Crippen MR) is 70.4 cm³/mol. The molecule has 94 valence electrons. The molecule has 17 heavy (non-hydrogen) atoms. The van der Waals surface area contributed by atoms with Crippen molar-refractivity contribution >= 4 is 17.6 Å². The maximum absolute atomic E-state index is 5.64. The van der Waals surface area contributed by atoms with E-state index in [1.54, 1.807) is 6.07 Å². The Kier molecular flexibility index (Phi) is 3.36. The van der Waals surface area contributed by atoms with Crippen molar-refractivity contribution in [1.29, 1.82) is 0 Å². The average Bonchev–Trinajstić information content (AvgIpc) is 2.22. The second-order valence-electron chi connectivity index (χ2n) is 5.15. The van der Waals surface area contributed by atoms with Crippen molar-refractivity contribution in [2.45, 2.75) is 39.2 Å². The van der Waals surface area contributed by atoms with Crippen molar-refractivity contribution in [3.63, 3.8) is 0 Å². The zero-order valence-electron chi connectivity index (χ0n) is 10.5. The number of aromatic nitrogens is 2. The van der Waals surface area contributed by atoms with Crippen LogP contribution in [-0.2, 0) is 0 Å². The highest BCUT2D eigenvalue weighted by molar-refractivity contribution is 5.48. The third-order valence-electron chi connectivity index (χ3n) is 3.71. The molecule has 1 aromatic heterocycles. The van der Waals surface area contributed by atoms with Gasteiger partial charge in [-0.2, -0.15) is 9.97 Å². The lowest BCUT2D eigenvalue weighted by molar-refractivity contribution is 0.260. The lowest BCUT2D eigenvalue weighted by Gasteiger charge is -2.32. The smallest absolute Gasteiger partial charge is 0.223 e. The van der Waals surface area contributed by atoms with Gasteiger partial charge in [0.05, 0.1) is 0 Å². The Bertz CT molecular complexity index is 372. The van der Waals surface area contributed by atoms with Crippen molar-refractivity contribution in [1.82, 2.24) is 9.97 Å². The van der Waals surface area contributed by atoms with E-state index in [1.807, 2.05) is 0 Å². The van der Waals surface area contributed by atoms with E-state index >= 15 is 0 Å². The molecule has 1 aromatic rings. The Morgan fingerprint density at radius 3 is 2.59 bits per heavy atom. The second-order valence-corrected chi connectivity index (χ2v) is 5.15. The van der Waals surface area contributed by atoms with Gasteiger partial charge < -0.3 is 16.8 Å². The maximum Gasteiger partial charge on any atom is 0.223 e. The van der Waals surface area contributed by atoms with Gasteiger partial charge >= 0.3 is 0 Å². The number of nitrogen functional groups attached to an aromatic ring is 2. The van der Waals surface area contributed by atoms with Crippen LogP contribution in [0.1, 0.15) is 33.1 Å². The molecule has 5 nitrogen and oxygen atoms in total. The first-order chi connectivity index (χ1) is 8.04. The molecule has 1 aliphatic carbocycles. The molecule has 1 aliphatic rings. The van der Waals surface area contributed by atoms with Crippen molar-refractivity contribution < 1.29 is 0 Å². The lowest BCUT2D eigenvalue weighted by Crippen LogP contribution is -2.30.